The molecule has 0 aliphatic carbocycles. The molecule has 0 heterocycles. The fourth-order valence-electron chi connectivity index (χ4n) is 2.00. The molecule has 0 unspecified atom stereocenters. The minimum atomic E-state index is -0.386. The van der Waals surface area contributed by atoms with Gasteiger partial charge in [0.25, 0.3) is 5.69 Å². The molecule has 0 atom stereocenters. The van der Waals surface area contributed by atoms with Gasteiger partial charge in [0.15, 0.2) is 0 Å². The van der Waals surface area contributed by atoms with E-state index in [0.29, 0.717) is 12.4 Å². The number of nitro groups is 1. The largest absolute Gasteiger partial charge is 0.493 e. The Kier molecular flexibility index (Phi) is 7.58. The van der Waals surface area contributed by atoms with Gasteiger partial charge in [-0.25, -0.2) is 0 Å². The second kappa shape index (κ2) is 9.21. The number of hydrogen-bond acceptors (Lipinski definition) is 4. The molecule has 5 heteroatoms. The number of nitrogens with one attached hydrogen (secondary N) is 1. The van der Waals surface area contributed by atoms with Gasteiger partial charge in [-0.3, -0.25) is 10.1 Å². The van der Waals surface area contributed by atoms with Crippen LogP contribution in [0.15, 0.2) is 18.2 Å². The van der Waals surface area contributed by atoms with Crippen LogP contribution in [0, 0.1) is 16.0 Å². The molecule has 0 bridgehead atoms. The molecule has 0 aliphatic heterocycles. The van der Waals surface area contributed by atoms with Crippen molar-refractivity contribution in [3.63, 3.8) is 0 Å². The van der Waals surface area contributed by atoms with Crippen LogP contribution < -0.4 is 10.1 Å². The normalized spacial score (nSPS) is 10.7. The number of rotatable bonds is 10. The van der Waals surface area contributed by atoms with E-state index in [9.17, 15) is 10.1 Å². The lowest BCUT2D eigenvalue weighted by Crippen LogP contribution is -2.04. The maximum absolute atomic E-state index is 11.0. The molecule has 0 amide bonds. The number of nitro benzene ring substituents is 1. The van der Waals surface area contributed by atoms with Gasteiger partial charge in [0.1, 0.15) is 5.75 Å². The summed E-state index contributed by atoms with van der Waals surface area (Å²) in [7, 11) is 0. The van der Waals surface area contributed by atoms with Crippen LogP contribution in [0.25, 0.3) is 0 Å². The van der Waals surface area contributed by atoms with Gasteiger partial charge >= 0.3 is 0 Å². The molecule has 0 radical (unpaired) electrons. The number of non-ortho nitro benzene ring substituents is 1. The van der Waals surface area contributed by atoms with E-state index >= 15 is 0 Å². The second-order valence-electron chi connectivity index (χ2n) is 5.64. The molecule has 0 spiro atoms. The Bertz CT molecular complexity index is 447. The van der Waals surface area contributed by atoms with Crippen molar-refractivity contribution < 1.29 is 9.66 Å². The third-order valence-corrected chi connectivity index (χ3v) is 3.11. The fraction of sp³-hybridized carbons (Fsp3) is 0.625. The maximum atomic E-state index is 11.0. The monoisotopic (exact) mass is 294 g/mol. The van der Waals surface area contributed by atoms with Gasteiger partial charge < -0.3 is 10.1 Å². The van der Waals surface area contributed by atoms with E-state index in [1.807, 2.05) is 13.0 Å². The van der Waals surface area contributed by atoms with Crippen LogP contribution in [0.2, 0.25) is 0 Å². The van der Waals surface area contributed by atoms with Crippen LogP contribution in [-0.2, 0) is 0 Å². The number of benzene rings is 1. The summed E-state index contributed by atoms with van der Waals surface area (Å²) in [6.45, 7) is 7.82. The molecule has 0 fully saturated rings. The summed E-state index contributed by atoms with van der Waals surface area (Å²) < 4.78 is 5.50. The quantitative estimate of drug-likeness (QED) is 0.388. The molecule has 1 aromatic carbocycles. The summed E-state index contributed by atoms with van der Waals surface area (Å²) in [4.78, 5) is 10.6. The Hall–Kier alpha value is -1.78. The number of nitrogens with zero attached hydrogens (tertiary/aromatic N) is 1. The zero-order valence-corrected chi connectivity index (χ0v) is 13.2. The van der Waals surface area contributed by atoms with Crippen molar-refractivity contribution >= 4 is 11.4 Å². The number of ether oxygens (including phenoxy) is 1. The summed E-state index contributed by atoms with van der Waals surface area (Å²) in [5.74, 6) is 1.27. The Morgan fingerprint density at radius 2 is 2.05 bits per heavy atom. The Morgan fingerprint density at radius 1 is 1.29 bits per heavy atom. The molecule has 0 aromatic heterocycles. The summed E-state index contributed by atoms with van der Waals surface area (Å²) in [5, 5.41) is 14.2. The lowest BCUT2D eigenvalue weighted by atomic mass is 10.1. The maximum Gasteiger partial charge on any atom is 0.275 e. The molecular weight excluding hydrogens is 268 g/mol. The third kappa shape index (κ3) is 6.97. The third-order valence-electron chi connectivity index (χ3n) is 3.11. The fourth-order valence-corrected chi connectivity index (χ4v) is 2.00. The Balaban J connectivity index is 2.58. The van der Waals surface area contributed by atoms with Gasteiger partial charge in [-0.2, -0.15) is 0 Å². The number of anilines is 1. The first-order valence-corrected chi connectivity index (χ1v) is 7.69. The van der Waals surface area contributed by atoms with Crippen molar-refractivity contribution in [1.82, 2.24) is 0 Å². The van der Waals surface area contributed by atoms with Crippen LogP contribution in [0.3, 0.4) is 0 Å². The summed E-state index contributed by atoms with van der Waals surface area (Å²) >= 11 is 0. The van der Waals surface area contributed by atoms with E-state index < -0.39 is 0 Å². The second-order valence-corrected chi connectivity index (χ2v) is 5.64. The van der Waals surface area contributed by atoms with Gasteiger partial charge in [0.05, 0.1) is 17.6 Å². The van der Waals surface area contributed by atoms with Crippen LogP contribution >= 0.6 is 0 Å². The molecule has 118 valence electrons. The lowest BCUT2D eigenvalue weighted by molar-refractivity contribution is -0.384. The highest BCUT2D eigenvalue weighted by atomic mass is 16.6. The highest BCUT2D eigenvalue weighted by Crippen LogP contribution is 2.26. The zero-order chi connectivity index (χ0) is 15.7. The first-order chi connectivity index (χ1) is 10.0. The van der Waals surface area contributed by atoms with Crippen molar-refractivity contribution in [2.75, 3.05) is 18.5 Å². The molecule has 0 saturated heterocycles. The first kappa shape index (κ1) is 17.3. The van der Waals surface area contributed by atoms with Crippen molar-refractivity contribution in [3.8, 4) is 5.75 Å². The van der Waals surface area contributed by atoms with E-state index in [1.54, 1.807) is 6.07 Å². The molecular formula is C16H26N2O3. The van der Waals surface area contributed by atoms with Crippen LogP contribution in [0.4, 0.5) is 11.4 Å². The average molecular weight is 294 g/mol. The lowest BCUT2D eigenvalue weighted by Gasteiger charge is -2.10. The number of unbranched alkanes of at least 4 members (excludes halogenated alkanes) is 1. The topological polar surface area (TPSA) is 64.4 Å². The van der Waals surface area contributed by atoms with E-state index in [2.05, 4.69) is 19.2 Å². The SMILES string of the molecule is CCCOc1cc(NCCCCC(C)C)cc([N+](=O)[O-])c1. The van der Waals surface area contributed by atoms with Crippen LogP contribution in [-0.4, -0.2) is 18.1 Å². The molecule has 1 N–H and O–H groups in total. The highest BCUT2D eigenvalue weighted by Gasteiger charge is 2.10. The molecule has 5 nitrogen and oxygen atoms in total. The molecule has 0 saturated carbocycles. The minimum absolute atomic E-state index is 0.0632. The summed E-state index contributed by atoms with van der Waals surface area (Å²) in [6.07, 6.45) is 4.31. The summed E-state index contributed by atoms with van der Waals surface area (Å²) in [5.41, 5.74) is 0.813. The molecule has 0 aliphatic rings. The van der Waals surface area contributed by atoms with Gasteiger partial charge in [-0.1, -0.05) is 33.6 Å². The molecule has 1 aromatic rings. The van der Waals surface area contributed by atoms with Gasteiger partial charge in [-0.05, 0) is 18.8 Å². The van der Waals surface area contributed by atoms with Crippen molar-refractivity contribution in [2.24, 2.45) is 5.92 Å². The van der Waals surface area contributed by atoms with Crippen molar-refractivity contribution in [1.29, 1.82) is 0 Å². The number of hydrogen-bond donors (Lipinski definition) is 1. The zero-order valence-electron chi connectivity index (χ0n) is 13.2. The first-order valence-electron chi connectivity index (χ1n) is 7.69. The summed E-state index contributed by atoms with van der Waals surface area (Å²) in [6, 6.07) is 4.85. The van der Waals surface area contributed by atoms with Gasteiger partial charge in [0.2, 0.25) is 0 Å². The Morgan fingerprint density at radius 3 is 2.67 bits per heavy atom. The molecule has 21 heavy (non-hydrogen) atoms. The van der Waals surface area contributed by atoms with Crippen molar-refractivity contribution in [2.45, 2.75) is 46.5 Å². The van der Waals surface area contributed by atoms with Crippen LogP contribution in [0.5, 0.6) is 5.75 Å². The van der Waals surface area contributed by atoms with Gasteiger partial charge in [0, 0.05) is 24.4 Å². The van der Waals surface area contributed by atoms with E-state index in [1.165, 1.54) is 18.9 Å². The average Bonchev–Trinajstić information content (AvgIpc) is 2.44. The minimum Gasteiger partial charge on any atom is -0.493 e. The van der Waals surface area contributed by atoms with Crippen LogP contribution in [0.1, 0.15) is 46.5 Å². The predicted molar refractivity (Wildman–Crippen MR) is 86.1 cm³/mol. The van der Waals surface area contributed by atoms with E-state index in [4.69, 9.17) is 4.74 Å². The van der Waals surface area contributed by atoms with Gasteiger partial charge in [-0.15, -0.1) is 0 Å². The predicted octanol–water partition coefficient (Wildman–Crippen LogP) is 4.62. The van der Waals surface area contributed by atoms with E-state index in [0.717, 1.165) is 31.0 Å². The van der Waals surface area contributed by atoms with Crippen molar-refractivity contribution in [3.05, 3.63) is 28.3 Å². The smallest absolute Gasteiger partial charge is 0.275 e. The van der Waals surface area contributed by atoms with E-state index in [-0.39, 0.29) is 10.6 Å². The standard InChI is InChI=1S/C16H26N2O3/c1-4-9-21-16-11-14(10-15(12-16)18(19)20)17-8-6-5-7-13(2)3/h10-13,17H,4-9H2,1-3H3. The highest BCUT2D eigenvalue weighted by molar-refractivity contribution is 5.56. The Labute approximate surface area is 126 Å². The molecule has 1 rings (SSSR count).